The van der Waals surface area contributed by atoms with Crippen molar-refractivity contribution < 1.29 is 32.2 Å². The third-order valence-electron chi connectivity index (χ3n) is 1.58. The Morgan fingerprint density at radius 1 is 1.38 bits per heavy atom. The van der Waals surface area contributed by atoms with Gasteiger partial charge in [0.25, 0.3) is 0 Å². The molecule has 0 aliphatic carbocycles. The molecule has 0 aromatic heterocycles. The number of alkyl halides is 4. The van der Waals surface area contributed by atoms with Crippen LogP contribution in [0.1, 0.15) is 10.4 Å². The van der Waals surface area contributed by atoms with Crippen LogP contribution >= 0.6 is 0 Å². The van der Waals surface area contributed by atoms with Crippen molar-refractivity contribution in [2.24, 2.45) is 0 Å². The zero-order valence-corrected chi connectivity index (χ0v) is 7.62. The van der Waals surface area contributed by atoms with Crippen molar-refractivity contribution in [2.75, 3.05) is 0 Å². The van der Waals surface area contributed by atoms with Crippen molar-refractivity contribution in [2.45, 2.75) is 12.5 Å². The van der Waals surface area contributed by atoms with Crippen LogP contribution in [-0.4, -0.2) is 18.5 Å². The van der Waals surface area contributed by atoms with E-state index in [1.807, 2.05) is 0 Å². The SMILES string of the molecule is O=C([O-])c1cccc(OC(F)(F)C(F)F)c1. The zero-order chi connectivity index (χ0) is 12.3. The lowest BCUT2D eigenvalue weighted by Crippen LogP contribution is -2.33. The summed E-state index contributed by atoms with van der Waals surface area (Å²) in [6.07, 6.45) is -8.66. The molecule has 0 heterocycles. The van der Waals surface area contributed by atoms with Crippen LogP contribution in [0.15, 0.2) is 24.3 Å². The standard InChI is InChI=1S/C9H6F4O3/c10-8(11)9(12,13)16-6-3-1-2-5(4-6)7(14)15/h1-4,8H,(H,14,15)/p-1. The smallest absolute Gasteiger partial charge is 0.461 e. The van der Waals surface area contributed by atoms with E-state index in [0.29, 0.717) is 6.07 Å². The number of ether oxygens (including phenoxy) is 1. The lowest BCUT2D eigenvalue weighted by Gasteiger charge is -2.17. The van der Waals surface area contributed by atoms with Crippen LogP contribution in [0.3, 0.4) is 0 Å². The van der Waals surface area contributed by atoms with E-state index in [4.69, 9.17) is 0 Å². The summed E-state index contributed by atoms with van der Waals surface area (Å²) in [7, 11) is 0. The molecule has 88 valence electrons. The second-order valence-electron chi connectivity index (χ2n) is 2.78. The van der Waals surface area contributed by atoms with Crippen molar-refractivity contribution in [1.29, 1.82) is 0 Å². The Bertz CT molecular complexity index is 392. The number of hydrogen-bond donors (Lipinski definition) is 0. The lowest BCUT2D eigenvalue weighted by molar-refractivity contribution is -0.256. The molecule has 1 rings (SSSR count). The number of carbonyl (C=O) groups is 1. The highest BCUT2D eigenvalue weighted by atomic mass is 19.3. The number of carbonyl (C=O) groups excluding carboxylic acids is 1. The first-order chi connectivity index (χ1) is 7.33. The molecule has 0 bridgehead atoms. The Kier molecular flexibility index (Phi) is 3.36. The minimum Gasteiger partial charge on any atom is -0.545 e. The molecule has 0 fully saturated rings. The normalized spacial score (nSPS) is 11.6. The van der Waals surface area contributed by atoms with Gasteiger partial charge in [0.2, 0.25) is 0 Å². The maximum atomic E-state index is 12.4. The van der Waals surface area contributed by atoms with E-state index < -0.39 is 29.8 Å². The molecule has 0 aliphatic rings. The predicted octanol–water partition coefficient (Wildman–Crippen LogP) is 1.29. The predicted molar refractivity (Wildman–Crippen MR) is 42.4 cm³/mol. The van der Waals surface area contributed by atoms with E-state index in [9.17, 15) is 27.5 Å². The van der Waals surface area contributed by atoms with Crippen molar-refractivity contribution in [3.8, 4) is 5.75 Å². The van der Waals surface area contributed by atoms with Gasteiger partial charge in [-0.1, -0.05) is 12.1 Å². The van der Waals surface area contributed by atoms with Crippen LogP contribution in [0.5, 0.6) is 5.75 Å². The molecule has 0 radical (unpaired) electrons. The van der Waals surface area contributed by atoms with Crippen LogP contribution < -0.4 is 9.84 Å². The first-order valence-electron chi connectivity index (χ1n) is 3.99. The Labute approximate surface area is 87.3 Å². The molecule has 1 aromatic carbocycles. The molecule has 0 amide bonds. The fourth-order valence-corrected chi connectivity index (χ4v) is 0.888. The summed E-state index contributed by atoms with van der Waals surface area (Å²) in [5, 5.41) is 10.4. The molecule has 7 heteroatoms. The van der Waals surface area contributed by atoms with E-state index in [1.165, 1.54) is 0 Å². The van der Waals surface area contributed by atoms with Crippen molar-refractivity contribution >= 4 is 5.97 Å². The first kappa shape index (κ1) is 12.3. The number of benzene rings is 1. The van der Waals surface area contributed by atoms with E-state index in [2.05, 4.69) is 4.74 Å². The average molecular weight is 237 g/mol. The Morgan fingerprint density at radius 3 is 2.50 bits per heavy atom. The molecule has 0 N–H and O–H groups in total. The van der Waals surface area contributed by atoms with Crippen molar-refractivity contribution in [3.05, 3.63) is 29.8 Å². The second-order valence-corrected chi connectivity index (χ2v) is 2.78. The average Bonchev–Trinajstić information content (AvgIpc) is 2.17. The fraction of sp³-hybridized carbons (Fsp3) is 0.222. The minimum atomic E-state index is -4.66. The highest BCUT2D eigenvalue weighted by Crippen LogP contribution is 2.27. The lowest BCUT2D eigenvalue weighted by atomic mass is 10.2. The molecule has 1 aromatic rings. The van der Waals surface area contributed by atoms with Gasteiger partial charge >= 0.3 is 12.5 Å². The highest BCUT2D eigenvalue weighted by molar-refractivity contribution is 5.86. The zero-order valence-electron chi connectivity index (χ0n) is 7.62. The van der Waals surface area contributed by atoms with Gasteiger partial charge in [-0.3, -0.25) is 0 Å². The monoisotopic (exact) mass is 237 g/mol. The number of rotatable bonds is 4. The fourth-order valence-electron chi connectivity index (χ4n) is 0.888. The van der Waals surface area contributed by atoms with E-state index >= 15 is 0 Å². The Morgan fingerprint density at radius 2 is 2.00 bits per heavy atom. The van der Waals surface area contributed by atoms with Crippen molar-refractivity contribution in [3.63, 3.8) is 0 Å². The number of carboxylic acids is 1. The summed E-state index contributed by atoms with van der Waals surface area (Å²) in [6, 6.07) is 3.74. The second kappa shape index (κ2) is 4.38. The number of halogens is 4. The third kappa shape index (κ3) is 2.85. The van der Waals surface area contributed by atoms with Gasteiger partial charge in [0.05, 0.1) is 5.97 Å². The first-order valence-corrected chi connectivity index (χ1v) is 3.99. The van der Waals surface area contributed by atoms with E-state index in [0.717, 1.165) is 18.2 Å². The number of carboxylic acid groups (broad SMARTS) is 1. The van der Waals surface area contributed by atoms with Gasteiger partial charge in [-0.05, 0) is 12.1 Å². The van der Waals surface area contributed by atoms with Gasteiger partial charge in [0.15, 0.2) is 0 Å². The molecule has 0 spiro atoms. The Hall–Kier alpha value is -1.79. The maximum Gasteiger partial charge on any atom is 0.461 e. The molecular weight excluding hydrogens is 232 g/mol. The number of hydrogen-bond acceptors (Lipinski definition) is 3. The summed E-state index contributed by atoms with van der Waals surface area (Å²) in [4.78, 5) is 10.4. The largest absolute Gasteiger partial charge is 0.545 e. The molecule has 0 saturated carbocycles. The molecule has 0 aliphatic heterocycles. The molecular formula is C9H5F4O3-. The maximum absolute atomic E-state index is 12.4. The van der Waals surface area contributed by atoms with Crippen LogP contribution in [0, 0.1) is 0 Å². The molecule has 0 atom stereocenters. The van der Waals surface area contributed by atoms with Gasteiger partial charge < -0.3 is 14.6 Å². The minimum absolute atomic E-state index is 0.442. The molecule has 0 saturated heterocycles. The topological polar surface area (TPSA) is 49.4 Å². The van der Waals surface area contributed by atoms with Crippen LogP contribution in [0.4, 0.5) is 17.6 Å². The van der Waals surface area contributed by atoms with Crippen LogP contribution in [-0.2, 0) is 0 Å². The van der Waals surface area contributed by atoms with Gasteiger partial charge in [0, 0.05) is 5.56 Å². The summed E-state index contributed by atoms with van der Waals surface area (Å²) >= 11 is 0. The summed E-state index contributed by atoms with van der Waals surface area (Å²) in [6.45, 7) is 0. The van der Waals surface area contributed by atoms with E-state index in [1.54, 1.807) is 0 Å². The van der Waals surface area contributed by atoms with Crippen LogP contribution in [0.25, 0.3) is 0 Å². The highest BCUT2D eigenvalue weighted by Gasteiger charge is 2.43. The summed E-state index contributed by atoms with van der Waals surface area (Å²) in [5.74, 6) is -2.29. The van der Waals surface area contributed by atoms with Gasteiger partial charge in [0.1, 0.15) is 5.75 Å². The van der Waals surface area contributed by atoms with Crippen LogP contribution in [0.2, 0.25) is 0 Å². The molecule has 16 heavy (non-hydrogen) atoms. The summed E-state index contributed by atoms with van der Waals surface area (Å²) in [5.41, 5.74) is -0.442. The van der Waals surface area contributed by atoms with Gasteiger partial charge in [-0.25, -0.2) is 0 Å². The summed E-state index contributed by atoms with van der Waals surface area (Å²) < 4.78 is 52.0. The number of aromatic carboxylic acids is 1. The van der Waals surface area contributed by atoms with Gasteiger partial charge in [-0.2, -0.15) is 17.6 Å². The van der Waals surface area contributed by atoms with Crippen molar-refractivity contribution in [1.82, 2.24) is 0 Å². The molecule has 3 nitrogen and oxygen atoms in total. The van der Waals surface area contributed by atoms with Gasteiger partial charge in [-0.15, -0.1) is 0 Å². The Balaban J connectivity index is 2.90. The molecule has 0 unspecified atom stereocenters. The third-order valence-corrected chi connectivity index (χ3v) is 1.58. The van der Waals surface area contributed by atoms with E-state index in [-0.39, 0.29) is 0 Å². The quantitative estimate of drug-likeness (QED) is 0.741.